The lowest BCUT2D eigenvalue weighted by Gasteiger charge is -2.09. The van der Waals surface area contributed by atoms with Gasteiger partial charge in [0.15, 0.2) is 9.84 Å². The van der Waals surface area contributed by atoms with Crippen LogP contribution < -0.4 is 0 Å². The topological polar surface area (TPSA) is 77.7 Å². The van der Waals surface area contributed by atoms with Crippen molar-refractivity contribution in [2.45, 2.75) is 24.6 Å². The first-order chi connectivity index (χ1) is 8.17. The predicted molar refractivity (Wildman–Crippen MR) is 62.1 cm³/mol. The molecule has 17 heavy (non-hydrogen) atoms. The number of rotatable bonds is 2. The highest BCUT2D eigenvalue weighted by atomic mass is 32.2. The lowest BCUT2D eigenvalue weighted by molar-refractivity contribution is 0.540. The summed E-state index contributed by atoms with van der Waals surface area (Å²) >= 11 is 0. The average molecular weight is 252 g/mol. The maximum atomic E-state index is 11.8. The van der Waals surface area contributed by atoms with Gasteiger partial charge in [0.2, 0.25) is 0 Å². The molecule has 1 aliphatic heterocycles. The fourth-order valence-electron chi connectivity index (χ4n) is 2.22. The summed E-state index contributed by atoms with van der Waals surface area (Å²) in [5, 5.41) is 7.63. The molecule has 6 nitrogen and oxygen atoms in total. The van der Waals surface area contributed by atoms with Gasteiger partial charge in [-0.1, -0.05) is 5.21 Å². The SMILES string of the molecule is O=S1(=O)CCCC1Cn1nnc2cnccc21. The maximum absolute atomic E-state index is 11.8. The van der Waals surface area contributed by atoms with E-state index in [4.69, 9.17) is 0 Å². The van der Waals surface area contributed by atoms with Crippen molar-refractivity contribution in [2.24, 2.45) is 0 Å². The molecule has 3 rings (SSSR count). The highest BCUT2D eigenvalue weighted by Crippen LogP contribution is 2.22. The molecule has 7 heteroatoms. The molecule has 0 N–H and O–H groups in total. The molecule has 0 aliphatic carbocycles. The monoisotopic (exact) mass is 252 g/mol. The van der Waals surface area contributed by atoms with E-state index in [0.717, 1.165) is 18.4 Å². The summed E-state index contributed by atoms with van der Waals surface area (Å²) < 4.78 is 25.2. The van der Waals surface area contributed by atoms with Crippen molar-refractivity contribution in [1.29, 1.82) is 0 Å². The predicted octanol–water partition coefficient (Wildman–Crippen LogP) is 0.403. The van der Waals surface area contributed by atoms with Crippen molar-refractivity contribution in [3.63, 3.8) is 0 Å². The second-order valence-electron chi connectivity index (χ2n) is 4.27. The number of nitrogens with zero attached hydrogens (tertiary/aromatic N) is 4. The number of sulfone groups is 1. The molecule has 1 saturated heterocycles. The standard InChI is InChI=1S/C10H12N4O2S/c15-17(16)5-1-2-8(17)7-14-10-3-4-11-6-9(10)12-13-14/h3-4,6,8H,1-2,5,7H2. The highest BCUT2D eigenvalue weighted by Gasteiger charge is 2.32. The van der Waals surface area contributed by atoms with Gasteiger partial charge in [-0.05, 0) is 18.9 Å². The van der Waals surface area contributed by atoms with Gasteiger partial charge >= 0.3 is 0 Å². The summed E-state index contributed by atoms with van der Waals surface area (Å²) in [5.74, 6) is 0.297. The first kappa shape index (κ1) is 10.6. The van der Waals surface area contributed by atoms with Gasteiger partial charge in [0, 0.05) is 6.20 Å². The Bertz CT molecular complexity index is 649. The Morgan fingerprint density at radius 2 is 2.35 bits per heavy atom. The van der Waals surface area contributed by atoms with Gasteiger partial charge < -0.3 is 0 Å². The van der Waals surface area contributed by atoms with Gasteiger partial charge in [0.1, 0.15) is 5.52 Å². The van der Waals surface area contributed by atoms with Crippen LogP contribution in [-0.2, 0) is 16.4 Å². The zero-order valence-electron chi connectivity index (χ0n) is 9.15. The van der Waals surface area contributed by atoms with Crippen LogP contribution in [0.15, 0.2) is 18.5 Å². The van der Waals surface area contributed by atoms with E-state index < -0.39 is 9.84 Å². The largest absolute Gasteiger partial charge is 0.262 e. The van der Waals surface area contributed by atoms with Gasteiger partial charge in [-0.15, -0.1) is 5.10 Å². The Labute approximate surface area is 98.6 Å². The van der Waals surface area contributed by atoms with Gasteiger partial charge in [-0.2, -0.15) is 0 Å². The van der Waals surface area contributed by atoms with Crippen LogP contribution in [0.25, 0.3) is 11.0 Å². The van der Waals surface area contributed by atoms with Gasteiger partial charge in [0.25, 0.3) is 0 Å². The fourth-order valence-corrected chi connectivity index (χ4v) is 4.01. The lowest BCUT2D eigenvalue weighted by atomic mass is 10.2. The Hall–Kier alpha value is -1.50. The lowest BCUT2D eigenvalue weighted by Crippen LogP contribution is -2.22. The van der Waals surface area contributed by atoms with Crippen LogP contribution in [0.3, 0.4) is 0 Å². The van der Waals surface area contributed by atoms with E-state index in [1.54, 1.807) is 23.1 Å². The summed E-state index contributed by atoms with van der Waals surface area (Å²) in [6.45, 7) is 0.392. The molecule has 2 aromatic rings. The third-order valence-corrected chi connectivity index (χ3v) is 5.41. The molecule has 2 aromatic heterocycles. The Morgan fingerprint density at radius 1 is 1.47 bits per heavy atom. The second-order valence-corrected chi connectivity index (χ2v) is 6.67. The van der Waals surface area contributed by atoms with Gasteiger partial charge in [0.05, 0.1) is 29.3 Å². The van der Waals surface area contributed by atoms with E-state index in [1.165, 1.54) is 0 Å². The molecule has 1 aliphatic rings. The van der Waals surface area contributed by atoms with Crippen LogP contribution in [0.2, 0.25) is 0 Å². The molecular weight excluding hydrogens is 240 g/mol. The van der Waals surface area contributed by atoms with Crippen LogP contribution in [0.4, 0.5) is 0 Å². The number of hydrogen-bond donors (Lipinski definition) is 0. The van der Waals surface area contributed by atoms with Crippen molar-refractivity contribution in [2.75, 3.05) is 5.75 Å². The third-order valence-electron chi connectivity index (χ3n) is 3.16. The summed E-state index contributed by atoms with van der Waals surface area (Å²) in [6, 6.07) is 1.80. The molecule has 0 radical (unpaired) electrons. The van der Waals surface area contributed by atoms with E-state index in [-0.39, 0.29) is 5.25 Å². The normalized spacial score (nSPS) is 23.2. The smallest absolute Gasteiger partial charge is 0.154 e. The summed E-state index contributed by atoms with van der Waals surface area (Å²) in [4.78, 5) is 3.95. The van der Waals surface area contributed by atoms with Crippen molar-refractivity contribution < 1.29 is 8.42 Å². The number of pyridine rings is 1. The number of hydrogen-bond acceptors (Lipinski definition) is 5. The second kappa shape index (κ2) is 3.76. The highest BCUT2D eigenvalue weighted by molar-refractivity contribution is 7.92. The van der Waals surface area contributed by atoms with Crippen LogP contribution in [0, 0.1) is 0 Å². The Balaban J connectivity index is 1.96. The summed E-state index contributed by atoms with van der Waals surface area (Å²) in [7, 11) is -2.94. The van der Waals surface area contributed by atoms with Crippen molar-refractivity contribution in [1.82, 2.24) is 20.0 Å². The fraction of sp³-hybridized carbons (Fsp3) is 0.500. The average Bonchev–Trinajstić information content (AvgIpc) is 2.85. The van der Waals surface area contributed by atoms with E-state index in [0.29, 0.717) is 17.8 Å². The van der Waals surface area contributed by atoms with Gasteiger partial charge in [-0.25, -0.2) is 13.1 Å². The molecule has 90 valence electrons. The van der Waals surface area contributed by atoms with Crippen LogP contribution in [0.1, 0.15) is 12.8 Å². The molecule has 1 atom stereocenters. The van der Waals surface area contributed by atoms with Gasteiger partial charge in [-0.3, -0.25) is 4.98 Å². The Morgan fingerprint density at radius 3 is 3.12 bits per heavy atom. The maximum Gasteiger partial charge on any atom is 0.154 e. The zero-order valence-corrected chi connectivity index (χ0v) is 9.97. The van der Waals surface area contributed by atoms with E-state index >= 15 is 0 Å². The molecule has 0 bridgehead atoms. The van der Waals surface area contributed by atoms with Crippen molar-refractivity contribution >= 4 is 20.9 Å². The van der Waals surface area contributed by atoms with Crippen molar-refractivity contribution in [3.8, 4) is 0 Å². The Kier molecular flexibility index (Phi) is 2.36. The molecule has 0 aromatic carbocycles. The minimum absolute atomic E-state index is 0.297. The summed E-state index contributed by atoms with van der Waals surface area (Å²) in [5.41, 5.74) is 1.53. The molecule has 0 amide bonds. The molecular formula is C10H12N4O2S. The molecule has 1 fully saturated rings. The van der Waals surface area contributed by atoms with Crippen molar-refractivity contribution in [3.05, 3.63) is 18.5 Å². The number of aromatic nitrogens is 4. The molecule has 0 saturated carbocycles. The van der Waals surface area contributed by atoms with Crippen LogP contribution in [-0.4, -0.2) is 39.4 Å². The van der Waals surface area contributed by atoms with Crippen LogP contribution in [0.5, 0.6) is 0 Å². The van der Waals surface area contributed by atoms with E-state index in [2.05, 4.69) is 15.3 Å². The van der Waals surface area contributed by atoms with E-state index in [1.807, 2.05) is 0 Å². The molecule has 3 heterocycles. The first-order valence-electron chi connectivity index (χ1n) is 5.51. The van der Waals surface area contributed by atoms with E-state index in [9.17, 15) is 8.42 Å². The minimum atomic E-state index is -2.94. The van der Waals surface area contributed by atoms with Crippen LogP contribution >= 0.6 is 0 Å². The zero-order chi connectivity index (χ0) is 11.9. The first-order valence-corrected chi connectivity index (χ1v) is 7.23. The minimum Gasteiger partial charge on any atom is -0.262 e. The summed E-state index contributed by atoms with van der Waals surface area (Å²) in [6.07, 6.45) is 4.75. The quantitative estimate of drug-likeness (QED) is 0.773. The number of fused-ring (bicyclic) bond motifs is 1. The molecule has 1 unspecified atom stereocenters. The molecule has 0 spiro atoms. The third kappa shape index (κ3) is 1.80.